The summed E-state index contributed by atoms with van der Waals surface area (Å²) in [7, 11) is 1.48. The molecule has 0 aliphatic carbocycles. The van der Waals surface area contributed by atoms with Crippen LogP contribution < -0.4 is 0 Å². The minimum absolute atomic E-state index is 0.0221. The Morgan fingerprint density at radius 1 is 1.78 bits per heavy atom. The van der Waals surface area contributed by atoms with Crippen molar-refractivity contribution in [1.29, 1.82) is 0 Å². The molecule has 0 spiro atoms. The third-order valence-electron chi connectivity index (χ3n) is 0.817. The second-order valence-corrected chi connectivity index (χ2v) is 1.66. The van der Waals surface area contributed by atoms with Gasteiger partial charge in [-0.1, -0.05) is 0 Å². The Balaban J connectivity index is 3.26. The summed E-state index contributed by atoms with van der Waals surface area (Å²) in [6.07, 6.45) is 1.52. The maximum atomic E-state index is 9.86. The third-order valence-corrected chi connectivity index (χ3v) is 0.817. The van der Waals surface area contributed by atoms with Crippen molar-refractivity contribution in [2.45, 2.75) is 6.42 Å². The van der Waals surface area contributed by atoms with E-state index in [1.807, 2.05) is 0 Å². The van der Waals surface area contributed by atoms with Crippen LogP contribution in [0.4, 0.5) is 0 Å². The standard InChI is InChI=1S/C5H8NO3/c1-6(4-7)3-2-5(8)9/h2-3H2,1H3,(H,8,9). The van der Waals surface area contributed by atoms with E-state index < -0.39 is 5.97 Å². The van der Waals surface area contributed by atoms with E-state index in [-0.39, 0.29) is 13.0 Å². The van der Waals surface area contributed by atoms with Gasteiger partial charge in [0, 0.05) is 13.6 Å². The van der Waals surface area contributed by atoms with Crippen molar-refractivity contribution in [2.24, 2.45) is 0 Å². The largest absolute Gasteiger partial charge is 0.481 e. The van der Waals surface area contributed by atoms with E-state index in [1.165, 1.54) is 7.05 Å². The van der Waals surface area contributed by atoms with Gasteiger partial charge in [0.15, 0.2) is 0 Å². The van der Waals surface area contributed by atoms with E-state index in [4.69, 9.17) is 5.11 Å². The molecule has 1 amide bonds. The summed E-state index contributed by atoms with van der Waals surface area (Å²) >= 11 is 0. The Morgan fingerprint density at radius 2 is 2.33 bits per heavy atom. The molecular weight excluding hydrogens is 122 g/mol. The fraction of sp³-hybridized carbons (Fsp3) is 0.600. The van der Waals surface area contributed by atoms with Gasteiger partial charge >= 0.3 is 12.4 Å². The first-order valence-electron chi connectivity index (χ1n) is 2.47. The van der Waals surface area contributed by atoms with Gasteiger partial charge in [0.05, 0.1) is 6.42 Å². The topological polar surface area (TPSA) is 57.6 Å². The summed E-state index contributed by atoms with van der Waals surface area (Å²) in [5.74, 6) is -0.905. The molecule has 51 valence electrons. The zero-order chi connectivity index (χ0) is 7.28. The Labute approximate surface area is 53.1 Å². The van der Waals surface area contributed by atoms with Gasteiger partial charge in [-0.3, -0.25) is 9.59 Å². The summed E-state index contributed by atoms with van der Waals surface area (Å²) < 4.78 is 0. The van der Waals surface area contributed by atoms with E-state index in [0.717, 1.165) is 4.90 Å². The molecule has 1 radical (unpaired) electrons. The summed E-state index contributed by atoms with van der Waals surface area (Å²) in [6.45, 7) is 0.221. The van der Waals surface area contributed by atoms with Crippen LogP contribution in [0.3, 0.4) is 0 Å². The van der Waals surface area contributed by atoms with Crippen molar-refractivity contribution in [2.75, 3.05) is 13.6 Å². The first-order valence-corrected chi connectivity index (χ1v) is 2.47. The van der Waals surface area contributed by atoms with E-state index in [0.29, 0.717) is 0 Å². The van der Waals surface area contributed by atoms with Gasteiger partial charge in [0.25, 0.3) is 0 Å². The molecule has 0 atom stereocenters. The molecule has 1 N–H and O–H groups in total. The maximum Gasteiger partial charge on any atom is 0.311 e. The van der Waals surface area contributed by atoms with Crippen LogP contribution in [0.1, 0.15) is 6.42 Å². The van der Waals surface area contributed by atoms with Gasteiger partial charge in [-0.2, -0.15) is 0 Å². The summed E-state index contributed by atoms with van der Waals surface area (Å²) in [4.78, 5) is 20.7. The van der Waals surface area contributed by atoms with Crippen LogP contribution in [-0.4, -0.2) is 36.0 Å². The molecule has 4 nitrogen and oxygen atoms in total. The summed E-state index contributed by atoms with van der Waals surface area (Å²) in [5, 5.41) is 8.10. The molecule has 0 saturated heterocycles. The fourth-order valence-electron chi connectivity index (χ4n) is 0.309. The molecule has 0 aromatic carbocycles. The molecule has 0 rings (SSSR count). The van der Waals surface area contributed by atoms with Crippen molar-refractivity contribution < 1.29 is 14.7 Å². The molecule has 0 aromatic rings. The highest BCUT2D eigenvalue weighted by Crippen LogP contribution is 1.81. The van der Waals surface area contributed by atoms with Crippen molar-refractivity contribution in [1.82, 2.24) is 4.90 Å². The highest BCUT2D eigenvalue weighted by molar-refractivity contribution is 5.67. The van der Waals surface area contributed by atoms with Crippen LogP contribution in [0.25, 0.3) is 0 Å². The van der Waals surface area contributed by atoms with Crippen LogP contribution >= 0.6 is 0 Å². The predicted octanol–water partition coefficient (Wildman–Crippen LogP) is -0.540. The van der Waals surface area contributed by atoms with Gasteiger partial charge in [-0.25, -0.2) is 0 Å². The zero-order valence-electron chi connectivity index (χ0n) is 5.13. The Hall–Kier alpha value is -1.06. The number of nitrogens with zero attached hydrogens (tertiary/aromatic N) is 1. The van der Waals surface area contributed by atoms with Crippen molar-refractivity contribution in [3.63, 3.8) is 0 Å². The third kappa shape index (κ3) is 4.80. The minimum atomic E-state index is -0.905. The molecule has 0 unspecified atom stereocenters. The fourth-order valence-corrected chi connectivity index (χ4v) is 0.309. The molecule has 0 heterocycles. The first kappa shape index (κ1) is 7.94. The summed E-state index contributed by atoms with van der Waals surface area (Å²) in [5.41, 5.74) is 0. The van der Waals surface area contributed by atoms with Gasteiger partial charge in [0.1, 0.15) is 0 Å². The number of hydrogen-bond acceptors (Lipinski definition) is 2. The lowest BCUT2D eigenvalue weighted by atomic mass is 10.4. The molecule has 9 heavy (non-hydrogen) atoms. The van der Waals surface area contributed by atoms with Gasteiger partial charge in [-0.15, -0.1) is 0 Å². The predicted molar refractivity (Wildman–Crippen MR) is 30.6 cm³/mol. The van der Waals surface area contributed by atoms with E-state index in [9.17, 15) is 9.59 Å². The van der Waals surface area contributed by atoms with Crippen LogP contribution in [0, 0.1) is 0 Å². The van der Waals surface area contributed by atoms with Crippen LogP contribution in [0.5, 0.6) is 0 Å². The second-order valence-electron chi connectivity index (χ2n) is 1.66. The molecule has 0 aliphatic heterocycles. The van der Waals surface area contributed by atoms with Gasteiger partial charge in [-0.05, 0) is 0 Å². The van der Waals surface area contributed by atoms with Crippen molar-refractivity contribution in [3.05, 3.63) is 0 Å². The number of aliphatic carboxylic acids is 1. The smallest absolute Gasteiger partial charge is 0.311 e. The Bertz CT molecular complexity index is 113. The summed E-state index contributed by atoms with van der Waals surface area (Å²) in [6, 6.07) is 0. The Kier molecular flexibility index (Phi) is 3.43. The average molecular weight is 130 g/mol. The molecular formula is C5H8NO3. The monoisotopic (exact) mass is 130 g/mol. The van der Waals surface area contributed by atoms with E-state index >= 15 is 0 Å². The van der Waals surface area contributed by atoms with Gasteiger partial charge in [0.2, 0.25) is 0 Å². The van der Waals surface area contributed by atoms with E-state index in [2.05, 4.69) is 0 Å². The molecule has 4 heteroatoms. The average Bonchev–Trinajstić information content (AvgIpc) is 1.83. The highest BCUT2D eigenvalue weighted by Gasteiger charge is 1.98. The molecule has 0 fully saturated rings. The number of carbonyl (C=O) groups is 1. The van der Waals surface area contributed by atoms with Crippen molar-refractivity contribution >= 4 is 12.4 Å². The maximum absolute atomic E-state index is 9.86. The van der Waals surface area contributed by atoms with Crippen LogP contribution in [0.2, 0.25) is 0 Å². The quantitative estimate of drug-likeness (QED) is 0.520. The number of carboxylic acid groups (broad SMARTS) is 1. The second kappa shape index (κ2) is 3.88. The highest BCUT2D eigenvalue weighted by atomic mass is 16.4. The van der Waals surface area contributed by atoms with Crippen LogP contribution in [0.15, 0.2) is 0 Å². The molecule has 0 bridgehead atoms. The van der Waals surface area contributed by atoms with E-state index in [1.54, 1.807) is 6.41 Å². The lowest BCUT2D eigenvalue weighted by molar-refractivity contribution is -0.137. The lowest BCUT2D eigenvalue weighted by Crippen LogP contribution is -2.19. The SMILES string of the molecule is CN([C]=O)CCC(=O)O. The van der Waals surface area contributed by atoms with Crippen molar-refractivity contribution in [3.8, 4) is 0 Å². The minimum Gasteiger partial charge on any atom is -0.481 e. The molecule has 0 saturated carbocycles. The number of carboxylic acids is 1. The Morgan fingerprint density at radius 3 is 2.67 bits per heavy atom. The normalized spacial score (nSPS) is 8.56. The number of amides is 1. The molecule has 0 aromatic heterocycles. The number of hydrogen-bond donors (Lipinski definition) is 1. The first-order chi connectivity index (χ1) is 4.16. The number of rotatable bonds is 4. The lowest BCUT2D eigenvalue weighted by Gasteiger charge is -2.04. The zero-order valence-corrected chi connectivity index (χ0v) is 5.13. The van der Waals surface area contributed by atoms with Crippen LogP contribution in [-0.2, 0) is 9.59 Å². The number of carbonyl (C=O) groups excluding carboxylic acids is 1. The molecule has 0 aliphatic rings. The van der Waals surface area contributed by atoms with Gasteiger partial charge < -0.3 is 10.0 Å².